The zero-order valence-electron chi connectivity index (χ0n) is 45.5. The summed E-state index contributed by atoms with van der Waals surface area (Å²) in [4.78, 5) is 23.1. The van der Waals surface area contributed by atoms with Crippen LogP contribution < -0.4 is 0 Å². The molecule has 0 saturated heterocycles. The molecule has 0 bridgehead atoms. The molecule has 0 heterocycles. The summed E-state index contributed by atoms with van der Waals surface area (Å²) in [6, 6.07) is 0. The van der Waals surface area contributed by atoms with Crippen LogP contribution in [0.2, 0.25) is 0 Å². The molecule has 2 unspecified atom stereocenters. The molecule has 0 radical (unpaired) electrons. The Bertz CT molecular complexity index is 1380. The molecule has 2 atom stereocenters. The van der Waals surface area contributed by atoms with E-state index in [0.29, 0.717) is 24.1 Å². The minimum absolute atomic E-state index is 0.0803. The van der Waals surface area contributed by atoms with Crippen LogP contribution >= 0.6 is 7.82 Å². The molecule has 400 valence electrons. The van der Waals surface area contributed by atoms with Gasteiger partial charge in [-0.1, -0.05) is 240 Å². The number of phosphoric ester groups is 1. The second kappa shape index (κ2) is 52.0. The highest BCUT2D eigenvalue weighted by Crippen LogP contribution is 2.43. The predicted octanol–water partition coefficient (Wildman–Crippen LogP) is 18.0. The highest BCUT2D eigenvalue weighted by atomic mass is 31.2. The molecule has 0 spiro atoms. The molecule has 0 aliphatic carbocycles. The molecule has 0 aromatic heterocycles. The van der Waals surface area contributed by atoms with Crippen molar-refractivity contribution >= 4 is 13.8 Å². The van der Waals surface area contributed by atoms with Crippen molar-refractivity contribution in [1.82, 2.24) is 0 Å². The summed E-state index contributed by atoms with van der Waals surface area (Å²) in [6.45, 7) is 5.46. The Morgan fingerprint density at radius 1 is 0.464 bits per heavy atom. The molecular weight excluding hydrogens is 878 g/mol. The van der Waals surface area contributed by atoms with Crippen LogP contribution in [-0.2, 0) is 27.9 Å². The number of esters is 1. The maximum absolute atomic E-state index is 12.8. The largest absolute Gasteiger partial charge is 0.472 e. The van der Waals surface area contributed by atoms with Gasteiger partial charge < -0.3 is 18.9 Å². The van der Waals surface area contributed by atoms with Gasteiger partial charge in [0.1, 0.15) is 19.3 Å². The number of ether oxygens (including phenoxy) is 2. The fraction of sp³-hybridized carbons (Fsp3) is 0.750. The number of hydrogen-bond acceptors (Lipinski definition) is 6. The van der Waals surface area contributed by atoms with Gasteiger partial charge in [-0.2, -0.15) is 0 Å². The van der Waals surface area contributed by atoms with Crippen LogP contribution in [0.4, 0.5) is 0 Å². The number of nitrogens with zero attached hydrogens (tertiary/aromatic N) is 1. The predicted molar refractivity (Wildman–Crippen MR) is 298 cm³/mol. The first kappa shape index (κ1) is 66.7. The zero-order chi connectivity index (χ0) is 50.5. The second-order valence-electron chi connectivity index (χ2n) is 19.9. The fourth-order valence-corrected chi connectivity index (χ4v) is 8.39. The number of unbranched alkanes of at least 4 members (excludes halogenated alkanes) is 24. The molecule has 0 aromatic rings. The summed E-state index contributed by atoms with van der Waals surface area (Å²) in [5.74, 6) is -0.322. The molecule has 0 rings (SSSR count). The lowest BCUT2D eigenvalue weighted by Crippen LogP contribution is -2.37. The number of likely N-dealkylation sites (N-methyl/N-ethyl adjacent to an activating group) is 1. The molecule has 0 fully saturated rings. The zero-order valence-corrected chi connectivity index (χ0v) is 46.4. The van der Waals surface area contributed by atoms with Gasteiger partial charge in [0.2, 0.25) is 0 Å². The van der Waals surface area contributed by atoms with Gasteiger partial charge in [0.25, 0.3) is 0 Å². The topological polar surface area (TPSA) is 91.3 Å². The van der Waals surface area contributed by atoms with E-state index in [1.165, 1.54) is 116 Å². The van der Waals surface area contributed by atoms with Crippen molar-refractivity contribution in [2.45, 2.75) is 238 Å². The Morgan fingerprint density at radius 3 is 1.26 bits per heavy atom. The third-order valence-corrected chi connectivity index (χ3v) is 13.0. The van der Waals surface area contributed by atoms with Gasteiger partial charge in [-0.3, -0.25) is 13.8 Å². The van der Waals surface area contributed by atoms with Crippen molar-refractivity contribution in [1.29, 1.82) is 0 Å². The summed E-state index contributed by atoms with van der Waals surface area (Å²) in [5, 5.41) is 0. The molecule has 1 N–H and O–H groups in total. The normalized spacial score (nSPS) is 14.1. The summed E-state index contributed by atoms with van der Waals surface area (Å²) >= 11 is 0. The van der Waals surface area contributed by atoms with E-state index in [4.69, 9.17) is 18.5 Å². The average molecular weight is 988 g/mol. The molecule has 8 nitrogen and oxygen atoms in total. The molecule has 69 heavy (non-hydrogen) atoms. The van der Waals surface area contributed by atoms with Gasteiger partial charge in [0.15, 0.2) is 0 Å². The van der Waals surface area contributed by atoms with E-state index >= 15 is 0 Å². The lowest BCUT2D eigenvalue weighted by molar-refractivity contribution is -0.870. The van der Waals surface area contributed by atoms with Crippen molar-refractivity contribution < 1.29 is 37.3 Å². The van der Waals surface area contributed by atoms with Crippen LogP contribution in [0.1, 0.15) is 232 Å². The molecule has 0 aliphatic heterocycles. The smallest absolute Gasteiger partial charge is 0.457 e. The Morgan fingerprint density at radius 2 is 0.841 bits per heavy atom. The van der Waals surface area contributed by atoms with Crippen molar-refractivity contribution in [3.05, 3.63) is 85.1 Å². The van der Waals surface area contributed by atoms with Gasteiger partial charge >= 0.3 is 13.8 Å². The van der Waals surface area contributed by atoms with Crippen LogP contribution in [0.3, 0.4) is 0 Å². The van der Waals surface area contributed by atoms with E-state index in [2.05, 4.69) is 98.9 Å². The summed E-state index contributed by atoms with van der Waals surface area (Å²) < 4.78 is 35.2. The first-order valence-corrected chi connectivity index (χ1v) is 29.8. The Balaban J connectivity index is 4.17. The SMILES string of the molecule is CC/C=C\C/C=C\C/C=C\C/C=C\C/C=C\C/C=C\C/C=C\CCCCCCOCC(COP(=O)(O)OCC[N+](C)(C)C)OC(=O)CCCCCCCCCCCCCCCCCCCCCCC. The molecule has 0 amide bonds. The van der Waals surface area contributed by atoms with E-state index in [0.717, 1.165) is 96.3 Å². The quantitative estimate of drug-likeness (QED) is 0.0213. The summed E-state index contributed by atoms with van der Waals surface area (Å²) in [7, 11) is 1.65. The summed E-state index contributed by atoms with van der Waals surface area (Å²) in [6.07, 6.45) is 70.7. The maximum atomic E-state index is 12.8. The van der Waals surface area contributed by atoms with Gasteiger partial charge in [-0.25, -0.2) is 4.57 Å². The van der Waals surface area contributed by atoms with E-state index in [9.17, 15) is 14.3 Å². The summed E-state index contributed by atoms with van der Waals surface area (Å²) in [5.41, 5.74) is 0. The molecule has 0 aromatic carbocycles. The minimum atomic E-state index is -4.30. The third-order valence-electron chi connectivity index (χ3n) is 12.0. The van der Waals surface area contributed by atoms with Gasteiger partial charge in [-0.05, 0) is 70.6 Å². The van der Waals surface area contributed by atoms with Crippen LogP contribution in [0.15, 0.2) is 85.1 Å². The van der Waals surface area contributed by atoms with Crippen LogP contribution in [-0.4, -0.2) is 75.6 Å². The van der Waals surface area contributed by atoms with E-state index < -0.39 is 13.9 Å². The number of phosphoric acid groups is 1. The van der Waals surface area contributed by atoms with E-state index in [1.807, 2.05) is 21.1 Å². The monoisotopic (exact) mass is 987 g/mol. The van der Waals surface area contributed by atoms with Crippen molar-refractivity contribution in [2.24, 2.45) is 0 Å². The van der Waals surface area contributed by atoms with Gasteiger partial charge in [0, 0.05) is 13.0 Å². The number of rotatable bonds is 52. The van der Waals surface area contributed by atoms with Crippen LogP contribution in [0.5, 0.6) is 0 Å². The minimum Gasteiger partial charge on any atom is -0.457 e. The first-order valence-electron chi connectivity index (χ1n) is 28.3. The van der Waals surface area contributed by atoms with E-state index in [-0.39, 0.29) is 25.8 Å². The number of carbonyl (C=O) groups excluding carboxylic acids is 1. The van der Waals surface area contributed by atoms with Crippen molar-refractivity contribution in [3.63, 3.8) is 0 Å². The number of hydrogen-bond donors (Lipinski definition) is 1. The lowest BCUT2D eigenvalue weighted by atomic mass is 10.0. The van der Waals surface area contributed by atoms with Crippen LogP contribution in [0, 0.1) is 0 Å². The second-order valence-corrected chi connectivity index (χ2v) is 21.4. The van der Waals surface area contributed by atoms with Crippen LogP contribution in [0.25, 0.3) is 0 Å². The Hall–Kier alpha value is -2.32. The highest BCUT2D eigenvalue weighted by Gasteiger charge is 2.26. The first-order chi connectivity index (χ1) is 33.6. The number of quaternary nitrogens is 1. The van der Waals surface area contributed by atoms with Crippen molar-refractivity contribution in [3.8, 4) is 0 Å². The van der Waals surface area contributed by atoms with Gasteiger partial charge in [-0.15, -0.1) is 0 Å². The standard InChI is InChI=1S/C60H108NO7P/c1-6-8-10-12-14-16-18-20-22-24-26-28-29-30-31-32-34-36-38-40-42-44-46-48-50-52-55-65-57-59(58-67-69(63,64)66-56-54-61(3,4)5)68-60(62)53-51-49-47-45-43-41-39-37-35-33-27-25-23-21-19-17-15-13-11-9-7-2/h8,10,14,16,20,22,26,28,30-31,34,36,40,42,59H,6-7,9,11-13,15,17-19,21,23-25,27,29,32-33,35,37-39,41,43-58H2,1-5H3/p+1/b10-8-,16-14-,22-20-,28-26-,31-30-,36-34-,42-40-. The molecule has 0 saturated carbocycles. The average Bonchev–Trinajstić information content (AvgIpc) is 3.31. The maximum Gasteiger partial charge on any atom is 0.472 e. The van der Waals surface area contributed by atoms with Gasteiger partial charge in [0.05, 0.1) is 34.4 Å². The number of carbonyl (C=O) groups is 1. The Kier molecular flexibility index (Phi) is 50.3. The van der Waals surface area contributed by atoms with Crippen molar-refractivity contribution in [2.75, 3.05) is 54.1 Å². The molecular formula is C60H109NO7P+. The Labute approximate surface area is 426 Å². The number of allylic oxidation sites excluding steroid dienone is 14. The third kappa shape index (κ3) is 56.5. The molecule has 9 heteroatoms. The highest BCUT2D eigenvalue weighted by molar-refractivity contribution is 7.47. The lowest BCUT2D eigenvalue weighted by Gasteiger charge is -2.24. The fourth-order valence-electron chi connectivity index (χ4n) is 7.65. The molecule has 0 aliphatic rings. The van der Waals surface area contributed by atoms with E-state index in [1.54, 1.807) is 0 Å².